The standard InChI is InChI=1S/C11H14FNO3/c1-15-9-5-7(8(14)3-4-13)6-10(16-2)11(9)12/h5-6H,3-4,13H2,1-2H3. The molecule has 88 valence electrons. The Morgan fingerprint density at radius 3 is 2.19 bits per heavy atom. The first-order valence-corrected chi connectivity index (χ1v) is 4.78. The number of carbonyl (C=O) groups is 1. The predicted molar refractivity (Wildman–Crippen MR) is 57.5 cm³/mol. The number of ketones is 1. The second-order valence-electron chi connectivity index (χ2n) is 3.16. The molecule has 5 heteroatoms. The second-order valence-corrected chi connectivity index (χ2v) is 3.16. The third-order valence-corrected chi connectivity index (χ3v) is 2.14. The predicted octanol–water partition coefficient (Wildman–Crippen LogP) is 1.37. The number of hydrogen-bond acceptors (Lipinski definition) is 4. The highest BCUT2D eigenvalue weighted by Gasteiger charge is 2.15. The summed E-state index contributed by atoms with van der Waals surface area (Å²) in [6, 6.07) is 2.69. The van der Waals surface area contributed by atoms with Crippen LogP contribution in [0, 0.1) is 5.82 Å². The Kier molecular flexibility index (Phi) is 4.25. The van der Waals surface area contributed by atoms with Gasteiger partial charge >= 0.3 is 0 Å². The van der Waals surface area contributed by atoms with E-state index in [2.05, 4.69) is 0 Å². The molecule has 0 bridgehead atoms. The van der Waals surface area contributed by atoms with Crippen molar-refractivity contribution in [1.29, 1.82) is 0 Å². The van der Waals surface area contributed by atoms with Crippen molar-refractivity contribution < 1.29 is 18.7 Å². The number of benzene rings is 1. The minimum atomic E-state index is -0.616. The zero-order valence-electron chi connectivity index (χ0n) is 9.25. The molecule has 1 rings (SSSR count). The number of carbonyl (C=O) groups excluding carboxylic acids is 1. The molecule has 0 amide bonds. The Bertz CT molecular complexity index is 368. The van der Waals surface area contributed by atoms with E-state index in [-0.39, 0.29) is 30.2 Å². The first kappa shape index (κ1) is 12.4. The summed E-state index contributed by atoms with van der Waals surface area (Å²) >= 11 is 0. The maximum Gasteiger partial charge on any atom is 0.206 e. The van der Waals surface area contributed by atoms with Gasteiger partial charge in [-0.15, -0.1) is 0 Å². The van der Waals surface area contributed by atoms with E-state index in [0.717, 1.165) is 0 Å². The summed E-state index contributed by atoms with van der Waals surface area (Å²) in [5.41, 5.74) is 5.61. The Morgan fingerprint density at radius 2 is 1.81 bits per heavy atom. The zero-order valence-corrected chi connectivity index (χ0v) is 9.25. The molecule has 0 saturated heterocycles. The van der Waals surface area contributed by atoms with E-state index in [1.165, 1.54) is 26.4 Å². The van der Waals surface area contributed by atoms with E-state index in [9.17, 15) is 9.18 Å². The van der Waals surface area contributed by atoms with Crippen LogP contribution in [0.15, 0.2) is 12.1 Å². The van der Waals surface area contributed by atoms with Crippen LogP contribution in [0.4, 0.5) is 4.39 Å². The molecule has 0 saturated carbocycles. The highest BCUT2D eigenvalue weighted by molar-refractivity contribution is 5.97. The average molecular weight is 227 g/mol. The maximum absolute atomic E-state index is 13.5. The fourth-order valence-corrected chi connectivity index (χ4v) is 1.31. The van der Waals surface area contributed by atoms with Gasteiger partial charge in [-0.25, -0.2) is 0 Å². The summed E-state index contributed by atoms with van der Waals surface area (Å²) in [5, 5.41) is 0. The van der Waals surface area contributed by atoms with Crippen LogP contribution in [-0.4, -0.2) is 26.5 Å². The maximum atomic E-state index is 13.5. The van der Waals surface area contributed by atoms with Crippen molar-refractivity contribution in [3.63, 3.8) is 0 Å². The van der Waals surface area contributed by atoms with Gasteiger partial charge in [0.25, 0.3) is 0 Å². The molecular formula is C11H14FNO3. The van der Waals surface area contributed by atoms with Gasteiger partial charge in [-0.1, -0.05) is 0 Å². The van der Waals surface area contributed by atoms with Crippen LogP contribution in [-0.2, 0) is 0 Å². The van der Waals surface area contributed by atoms with Crippen LogP contribution in [0.5, 0.6) is 11.5 Å². The van der Waals surface area contributed by atoms with E-state index in [1.54, 1.807) is 0 Å². The molecule has 0 fully saturated rings. The topological polar surface area (TPSA) is 61.5 Å². The highest BCUT2D eigenvalue weighted by atomic mass is 19.1. The Morgan fingerprint density at radius 1 is 1.31 bits per heavy atom. The summed E-state index contributed by atoms with van der Waals surface area (Å²) in [4.78, 5) is 11.6. The van der Waals surface area contributed by atoms with Gasteiger partial charge in [-0.2, -0.15) is 4.39 Å². The van der Waals surface area contributed by atoms with Crippen molar-refractivity contribution in [2.75, 3.05) is 20.8 Å². The quantitative estimate of drug-likeness (QED) is 0.772. The first-order valence-electron chi connectivity index (χ1n) is 4.78. The van der Waals surface area contributed by atoms with E-state index in [4.69, 9.17) is 15.2 Å². The van der Waals surface area contributed by atoms with Gasteiger partial charge in [0.15, 0.2) is 17.3 Å². The molecule has 0 aliphatic carbocycles. The molecule has 0 aromatic heterocycles. The molecule has 16 heavy (non-hydrogen) atoms. The third kappa shape index (κ3) is 2.49. The molecule has 1 aromatic rings. The number of Topliss-reactive ketones (excluding diaryl/α,β-unsaturated/α-hetero) is 1. The van der Waals surface area contributed by atoms with Crippen molar-refractivity contribution >= 4 is 5.78 Å². The van der Waals surface area contributed by atoms with Crippen LogP contribution in [0.2, 0.25) is 0 Å². The van der Waals surface area contributed by atoms with Crippen molar-refractivity contribution in [3.8, 4) is 11.5 Å². The summed E-state index contributed by atoms with van der Waals surface area (Å²) in [6.45, 7) is 0.251. The molecule has 0 atom stereocenters. The van der Waals surface area contributed by atoms with Gasteiger partial charge in [0, 0.05) is 12.0 Å². The Balaban J connectivity index is 3.16. The van der Waals surface area contributed by atoms with Gasteiger partial charge < -0.3 is 15.2 Å². The molecule has 0 aliphatic heterocycles. The van der Waals surface area contributed by atoms with Gasteiger partial charge in [-0.3, -0.25) is 4.79 Å². The van der Waals surface area contributed by atoms with Crippen LogP contribution in [0.3, 0.4) is 0 Å². The molecule has 0 aliphatic rings. The normalized spacial score (nSPS) is 10.0. The largest absolute Gasteiger partial charge is 0.494 e. The minimum Gasteiger partial charge on any atom is -0.494 e. The third-order valence-electron chi connectivity index (χ3n) is 2.14. The molecule has 4 nitrogen and oxygen atoms in total. The van der Waals surface area contributed by atoms with E-state index in [1.807, 2.05) is 0 Å². The van der Waals surface area contributed by atoms with E-state index in [0.29, 0.717) is 5.56 Å². The molecule has 2 N–H and O–H groups in total. The fourth-order valence-electron chi connectivity index (χ4n) is 1.31. The molecule has 0 radical (unpaired) electrons. The van der Waals surface area contributed by atoms with Gasteiger partial charge in [0.05, 0.1) is 14.2 Å². The van der Waals surface area contributed by atoms with Gasteiger partial charge in [0.2, 0.25) is 5.82 Å². The fraction of sp³-hybridized carbons (Fsp3) is 0.364. The monoisotopic (exact) mass is 227 g/mol. The molecule has 0 heterocycles. The van der Waals surface area contributed by atoms with Crippen LogP contribution in [0.25, 0.3) is 0 Å². The Labute approximate surface area is 93.2 Å². The molecule has 0 spiro atoms. The summed E-state index contributed by atoms with van der Waals surface area (Å²) in [6.07, 6.45) is 0.206. The molecule has 0 unspecified atom stereocenters. The lowest BCUT2D eigenvalue weighted by Crippen LogP contribution is -2.09. The minimum absolute atomic E-state index is 0.0141. The Hall–Kier alpha value is -1.62. The molecule has 1 aromatic carbocycles. The van der Waals surface area contributed by atoms with E-state index < -0.39 is 5.82 Å². The van der Waals surface area contributed by atoms with Crippen molar-refractivity contribution in [2.24, 2.45) is 5.73 Å². The van der Waals surface area contributed by atoms with Crippen LogP contribution in [0.1, 0.15) is 16.8 Å². The van der Waals surface area contributed by atoms with Crippen molar-refractivity contribution in [2.45, 2.75) is 6.42 Å². The highest BCUT2D eigenvalue weighted by Crippen LogP contribution is 2.28. The smallest absolute Gasteiger partial charge is 0.206 e. The lowest BCUT2D eigenvalue weighted by molar-refractivity contribution is 0.0984. The zero-order chi connectivity index (χ0) is 12.1. The van der Waals surface area contributed by atoms with Gasteiger partial charge in [-0.05, 0) is 18.7 Å². The first-order chi connectivity index (χ1) is 7.63. The lowest BCUT2D eigenvalue weighted by atomic mass is 10.1. The van der Waals surface area contributed by atoms with Crippen molar-refractivity contribution in [3.05, 3.63) is 23.5 Å². The second kappa shape index (κ2) is 5.46. The van der Waals surface area contributed by atoms with Crippen molar-refractivity contribution in [1.82, 2.24) is 0 Å². The number of ether oxygens (including phenoxy) is 2. The summed E-state index contributed by atoms with van der Waals surface area (Å²) in [5.74, 6) is -0.812. The number of rotatable bonds is 5. The number of nitrogens with two attached hydrogens (primary N) is 1. The molecular weight excluding hydrogens is 213 g/mol. The SMILES string of the molecule is COc1cc(C(=O)CCN)cc(OC)c1F. The van der Waals surface area contributed by atoms with E-state index >= 15 is 0 Å². The number of halogens is 1. The number of hydrogen-bond donors (Lipinski definition) is 1. The summed E-state index contributed by atoms with van der Waals surface area (Å²) < 4.78 is 23.2. The van der Waals surface area contributed by atoms with Crippen LogP contribution >= 0.6 is 0 Å². The van der Waals surface area contributed by atoms with Crippen LogP contribution < -0.4 is 15.2 Å². The average Bonchev–Trinajstić information content (AvgIpc) is 2.29. The van der Waals surface area contributed by atoms with Gasteiger partial charge in [0.1, 0.15) is 0 Å². The lowest BCUT2D eigenvalue weighted by Gasteiger charge is -2.09. The number of methoxy groups -OCH3 is 2. The summed E-state index contributed by atoms with van der Waals surface area (Å²) in [7, 11) is 2.66.